The fourth-order valence-electron chi connectivity index (χ4n) is 2.10. The Hall–Kier alpha value is -0.670. The normalized spacial score (nSPS) is 17.5. The second-order valence-electron chi connectivity index (χ2n) is 4.58. The molecule has 0 aliphatic heterocycles. The van der Waals surface area contributed by atoms with E-state index in [1.54, 1.807) is 0 Å². The maximum Gasteiger partial charge on any atom is 0.119 e. The zero-order chi connectivity index (χ0) is 12.0. The van der Waals surface area contributed by atoms with Crippen molar-refractivity contribution in [1.29, 1.82) is 0 Å². The van der Waals surface area contributed by atoms with E-state index in [1.807, 2.05) is 42.1 Å². The highest BCUT2D eigenvalue weighted by Gasteiger charge is 2.35. The van der Waals surface area contributed by atoms with Gasteiger partial charge in [-0.1, -0.05) is 24.6 Å². The van der Waals surface area contributed by atoms with Crippen LogP contribution in [0.2, 0.25) is 0 Å². The summed E-state index contributed by atoms with van der Waals surface area (Å²) in [4.78, 5) is 0. The van der Waals surface area contributed by atoms with Gasteiger partial charge in [-0.25, -0.2) is 0 Å². The quantitative estimate of drug-likeness (QED) is 0.753. The summed E-state index contributed by atoms with van der Waals surface area (Å²) in [5.74, 6) is 0.956. The summed E-state index contributed by atoms with van der Waals surface area (Å²) in [6.45, 7) is 2.79. The van der Waals surface area contributed by atoms with Crippen LogP contribution in [-0.2, 0) is 0 Å². The number of thioether (sulfide) groups is 1. The minimum Gasteiger partial charge on any atom is -0.492 e. The molecule has 1 aliphatic carbocycles. The van der Waals surface area contributed by atoms with Gasteiger partial charge in [0, 0.05) is 17.8 Å². The van der Waals surface area contributed by atoms with Gasteiger partial charge in [0.05, 0.1) is 0 Å². The van der Waals surface area contributed by atoms with Crippen LogP contribution in [-0.4, -0.2) is 30.7 Å². The molecule has 17 heavy (non-hydrogen) atoms. The highest BCUT2D eigenvalue weighted by molar-refractivity contribution is 8.00. The van der Waals surface area contributed by atoms with Crippen LogP contribution >= 0.6 is 11.8 Å². The number of hydrogen-bond donors (Lipinski definition) is 1. The van der Waals surface area contributed by atoms with E-state index >= 15 is 0 Å². The maximum atomic E-state index is 5.64. The predicted molar refractivity (Wildman–Crippen MR) is 74.9 cm³/mol. The van der Waals surface area contributed by atoms with Crippen LogP contribution < -0.4 is 10.1 Å². The van der Waals surface area contributed by atoms with E-state index in [0.29, 0.717) is 4.75 Å². The number of para-hydroxylation sites is 1. The van der Waals surface area contributed by atoms with Crippen LogP contribution in [0.15, 0.2) is 30.3 Å². The van der Waals surface area contributed by atoms with Gasteiger partial charge in [0.15, 0.2) is 0 Å². The molecule has 0 unspecified atom stereocenters. The van der Waals surface area contributed by atoms with Crippen molar-refractivity contribution in [3.63, 3.8) is 0 Å². The number of hydrogen-bond acceptors (Lipinski definition) is 3. The predicted octanol–water partition coefficient (Wildman–Crippen LogP) is 2.94. The average Bonchev–Trinajstić information content (AvgIpc) is 2.33. The van der Waals surface area contributed by atoms with E-state index in [1.165, 1.54) is 19.3 Å². The molecule has 0 saturated heterocycles. The first-order valence-electron chi connectivity index (χ1n) is 6.28. The van der Waals surface area contributed by atoms with Crippen molar-refractivity contribution < 1.29 is 4.74 Å². The lowest BCUT2D eigenvalue weighted by Crippen LogP contribution is -2.44. The molecule has 3 heteroatoms. The second-order valence-corrected chi connectivity index (χ2v) is 5.85. The third kappa shape index (κ3) is 3.65. The lowest BCUT2D eigenvalue weighted by molar-refractivity contribution is 0.295. The van der Waals surface area contributed by atoms with E-state index in [0.717, 1.165) is 25.4 Å². The number of rotatable bonds is 7. The van der Waals surface area contributed by atoms with Crippen molar-refractivity contribution in [2.75, 3.05) is 26.0 Å². The minimum absolute atomic E-state index is 0.521. The van der Waals surface area contributed by atoms with Gasteiger partial charge >= 0.3 is 0 Å². The molecule has 0 bridgehead atoms. The minimum atomic E-state index is 0.521. The van der Waals surface area contributed by atoms with Crippen LogP contribution in [0.1, 0.15) is 19.3 Å². The third-order valence-electron chi connectivity index (χ3n) is 3.44. The van der Waals surface area contributed by atoms with Crippen LogP contribution in [0.5, 0.6) is 5.75 Å². The average molecular weight is 251 g/mol. The van der Waals surface area contributed by atoms with E-state index in [2.05, 4.69) is 11.6 Å². The van der Waals surface area contributed by atoms with E-state index in [4.69, 9.17) is 4.74 Å². The highest BCUT2D eigenvalue weighted by Crippen LogP contribution is 2.41. The Balaban J connectivity index is 1.58. The molecule has 1 aliphatic rings. The van der Waals surface area contributed by atoms with E-state index in [-0.39, 0.29) is 0 Å². The van der Waals surface area contributed by atoms with Gasteiger partial charge in [0.25, 0.3) is 0 Å². The topological polar surface area (TPSA) is 21.3 Å². The van der Waals surface area contributed by atoms with Gasteiger partial charge in [0.1, 0.15) is 12.4 Å². The second kappa shape index (κ2) is 6.31. The monoisotopic (exact) mass is 251 g/mol. The molecule has 94 valence electrons. The molecule has 0 heterocycles. The van der Waals surface area contributed by atoms with Crippen molar-refractivity contribution in [2.45, 2.75) is 24.0 Å². The smallest absolute Gasteiger partial charge is 0.119 e. The number of benzene rings is 1. The van der Waals surface area contributed by atoms with Gasteiger partial charge in [-0.05, 0) is 31.2 Å². The fourth-order valence-corrected chi connectivity index (χ4v) is 3.04. The zero-order valence-electron chi connectivity index (χ0n) is 10.4. The zero-order valence-corrected chi connectivity index (χ0v) is 11.3. The Morgan fingerprint density at radius 1 is 1.29 bits per heavy atom. The van der Waals surface area contributed by atoms with Gasteiger partial charge in [-0.3, -0.25) is 0 Å². The Kier molecular flexibility index (Phi) is 4.75. The van der Waals surface area contributed by atoms with Crippen molar-refractivity contribution >= 4 is 11.8 Å². The molecule has 2 nitrogen and oxygen atoms in total. The van der Waals surface area contributed by atoms with E-state index < -0.39 is 0 Å². The van der Waals surface area contributed by atoms with Crippen LogP contribution in [0.25, 0.3) is 0 Å². The van der Waals surface area contributed by atoms with E-state index in [9.17, 15) is 0 Å². The Labute approximate surface area is 108 Å². The molecular formula is C14H21NOS. The Morgan fingerprint density at radius 2 is 2.06 bits per heavy atom. The van der Waals surface area contributed by atoms with Crippen LogP contribution in [0.3, 0.4) is 0 Å². The molecule has 1 fully saturated rings. The fraction of sp³-hybridized carbons (Fsp3) is 0.571. The molecule has 0 spiro atoms. The van der Waals surface area contributed by atoms with Gasteiger partial charge < -0.3 is 10.1 Å². The van der Waals surface area contributed by atoms with Crippen molar-refractivity contribution in [3.8, 4) is 5.75 Å². The number of nitrogens with one attached hydrogen (secondary N) is 1. The van der Waals surface area contributed by atoms with Crippen molar-refractivity contribution in [2.24, 2.45) is 0 Å². The molecule has 1 N–H and O–H groups in total. The summed E-state index contributed by atoms with van der Waals surface area (Å²) in [5.41, 5.74) is 0. The summed E-state index contributed by atoms with van der Waals surface area (Å²) in [6.07, 6.45) is 6.34. The molecule has 0 atom stereocenters. The maximum absolute atomic E-state index is 5.64. The molecule has 0 radical (unpaired) electrons. The lowest BCUT2D eigenvalue weighted by atomic mass is 9.84. The summed E-state index contributed by atoms with van der Waals surface area (Å²) in [7, 11) is 0. The largest absolute Gasteiger partial charge is 0.492 e. The van der Waals surface area contributed by atoms with Gasteiger partial charge in [0.2, 0.25) is 0 Å². The highest BCUT2D eigenvalue weighted by atomic mass is 32.2. The van der Waals surface area contributed by atoms with Crippen molar-refractivity contribution in [3.05, 3.63) is 30.3 Å². The summed E-state index contributed by atoms with van der Waals surface area (Å²) in [5, 5.41) is 3.50. The molecule has 0 aromatic heterocycles. The molecular weight excluding hydrogens is 230 g/mol. The summed E-state index contributed by atoms with van der Waals surface area (Å²) >= 11 is 2.01. The van der Waals surface area contributed by atoms with Crippen LogP contribution in [0.4, 0.5) is 0 Å². The van der Waals surface area contributed by atoms with Crippen molar-refractivity contribution in [1.82, 2.24) is 5.32 Å². The molecule has 0 amide bonds. The molecule has 1 aromatic carbocycles. The first-order valence-corrected chi connectivity index (χ1v) is 7.51. The SMILES string of the molecule is CSC1(CNCCOc2ccccc2)CCC1. The first-order chi connectivity index (χ1) is 8.35. The standard InChI is InChI=1S/C14H21NOS/c1-17-14(8-5-9-14)12-15-10-11-16-13-6-3-2-4-7-13/h2-4,6-7,15H,5,8-12H2,1H3. The summed E-state index contributed by atoms with van der Waals surface area (Å²) < 4.78 is 6.16. The molecule has 1 saturated carbocycles. The Bertz CT molecular complexity index is 319. The summed E-state index contributed by atoms with van der Waals surface area (Å²) in [6, 6.07) is 9.99. The third-order valence-corrected chi connectivity index (χ3v) is 4.85. The molecule has 1 aromatic rings. The first kappa shape index (κ1) is 12.8. The lowest BCUT2D eigenvalue weighted by Gasteiger charge is -2.40. The van der Waals surface area contributed by atoms with Gasteiger partial charge in [-0.15, -0.1) is 0 Å². The van der Waals surface area contributed by atoms with Gasteiger partial charge in [-0.2, -0.15) is 11.8 Å². The number of ether oxygens (including phenoxy) is 1. The Morgan fingerprint density at radius 3 is 2.65 bits per heavy atom. The molecule has 2 rings (SSSR count). The van der Waals surface area contributed by atoms with Crippen LogP contribution in [0, 0.1) is 0 Å².